The molecule has 3 rings (SSSR count). The van der Waals surface area contributed by atoms with Gasteiger partial charge in [-0.1, -0.05) is 0 Å². The van der Waals surface area contributed by atoms with Gasteiger partial charge in [-0.25, -0.2) is 9.97 Å². The number of hydrogen-bond donors (Lipinski definition) is 1. The Balaban J connectivity index is 1.87. The Kier molecular flexibility index (Phi) is 4.14. The minimum atomic E-state index is -0.0412. The van der Waals surface area contributed by atoms with Gasteiger partial charge in [-0.05, 0) is 46.1 Å². The highest BCUT2D eigenvalue weighted by molar-refractivity contribution is 7.20. The Labute approximate surface area is 134 Å². The lowest BCUT2D eigenvalue weighted by Gasteiger charge is -2.19. The van der Waals surface area contributed by atoms with E-state index in [9.17, 15) is 4.79 Å². The van der Waals surface area contributed by atoms with Gasteiger partial charge in [-0.3, -0.25) is 4.79 Å². The first kappa shape index (κ1) is 15.4. The smallest absolute Gasteiger partial charge is 0.262 e. The van der Waals surface area contributed by atoms with Crippen molar-refractivity contribution in [3.8, 4) is 0 Å². The molecule has 0 aromatic carbocycles. The summed E-state index contributed by atoms with van der Waals surface area (Å²) in [6, 6.07) is 0.0218. The van der Waals surface area contributed by atoms with Crippen molar-refractivity contribution in [2.24, 2.45) is 0 Å². The lowest BCUT2D eigenvalue weighted by atomic mass is 10.1. The van der Waals surface area contributed by atoms with E-state index in [1.165, 1.54) is 11.3 Å². The highest BCUT2D eigenvalue weighted by Gasteiger charge is 2.26. The molecule has 0 saturated carbocycles. The second-order valence-corrected chi connectivity index (χ2v) is 6.91. The molecule has 0 bridgehead atoms. The monoisotopic (exact) mass is 319 g/mol. The van der Waals surface area contributed by atoms with E-state index >= 15 is 0 Å². The first-order valence-electron chi connectivity index (χ1n) is 7.64. The number of carbonyl (C=O) groups is 1. The van der Waals surface area contributed by atoms with Gasteiger partial charge in [0, 0.05) is 17.7 Å². The first-order chi connectivity index (χ1) is 10.5. The molecule has 2 atom stereocenters. The van der Waals surface area contributed by atoms with Crippen LogP contribution in [0.25, 0.3) is 10.2 Å². The molecule has 1 fully saturated rings. The molecular formula is C16H21N3O2S. The Morgan fingerprint density at radius 3 is 2.82 bits per heavy atom. The summed E-state index contributed by atoms with van der Waals surface area (Å²) in [6.07, 6.45) is 2.21. The molecule has 1 saturated heterocycles. The van der Waals surface area contributed by atoms with E-state index < -0.39 is 0 Å². The number of aryl methyl sites for hydroxylation is 3. The molecular weight excluding hydrogens is 298 g/mol. The van der Waals surface area contributed by atoms with E-state index in [1.54, 1.807) is 0 Å². The third-order valence-electron chi connectivity index (χ3n) is 4.17. The summed E-state index contributed by atoms with van der Waals surface area (Å²) in [7, 11) is 0. The third kappa shape index (κ3) is 2.73. The van der Waals surface area contributed by atoms with Crippen LogP contribution < -0.4 is 5.32 Å². The summed E-state index contributed by atoms with van der Waals surface area (Å²) in [4.78, 5) is 23.1. The predicted octanol–water partition coefficient (Wildman–Crippen LogP) is 2.91. The van der Waals surface area contributed by atoms with Gasteiger partial charge in [0.15, 0.2) is 0 Å². The lowest BCUT2D eigenvalue weighted by Crippen LogP contribution is -2.40. The second-order valence-electron chi connectivity index (χ2n) is 5.91. The van der Waals surface area contributed by atoms with Crippen LogP contribution in [0, 0.1) is 20.8 Å². The summed E-state index contributed by atoms with van der Waals surface area (Å²) in [5.74, 6) is 0.700. The summed E-state index contributed by atoms with van der Waals surface area (Å²) >= 11 is 1.44. The van der Waals surface area contributed by atoms with Gasteiger partial charge in [-0.2, -0.15) is 0 Å². The molecule has 118 valence electrons. The van der Waals surface area contributed by atoms with Gasteiger partial charge in [0.2, 0.25) is 0 Å². The molecule has 0 unspecified atom stereocenters. The maximum Gasteiger partial charge on any atom is 0.262 e. The highest BCUT2D eigenvalue weighted by atomic mass is 32.1. The average molecular weight is 319 g/mol. The number of aromatic nitrogens is 2. The van der Waals surface area contributed by atoms with Gasteiger partial charge in [-0.15, -0.1) is 11.3 Å². The standard InChI is InChI=1S/C16H21N3O2S/c1-8-13-10(3)17-11(4)19-16(13)22-14(8)15(20)18-9(2)12-6-5-7-21-12/h9,12H,5-7H2,1-4H3,(H,18,20)/t9-,12+/m0/s1. The van der Waals surface area contributed by atoms with Crippen molar-refractivity contribution in [2.45, 2.75) is 52.7 Å². The van der Waals surface area contributed by atoms with Gasteiger partial charge in [0.1, 0.15) is 10.7 Å². The van der Waals surface area contributed by atoms with Gasteiger partial charge >= 0.3 is 0 Å². The minimum Gasteiger partial charge on any atom is -0.376 e. The van der Waals surface area contributed by atoms with E-state index in [-0.39, 0.29) is 18.1 Å². The van der Waals surface area contributed by atoms with E-state index in [4.69, 9.17) is 4.74 Å². The lowest BCUT2D eigenvalue weighted by molar-refractivity contribution is 0.0714. The molecule has 1 aliphatic heterocycles. The molecule has 0 radical (unpaired) electrons. The molecule has 1 amide bonds. The van der Waals surface area contributed by atoms with Gasteiger partial charge < -0.3 is 10.1 Å². The molecule has 1 aliphatic rings. The molecule has 6 heteroatoms. The number of thiophene rings is 1. The van der Waals surface area contributed by atoms with Gasteiger partial charge in [0.05, 0.1) is 17.0 Å². The average Bonchev–Trinajstić information content (AvgIpc) is 3.06. The molecule has 3 heterocycles. The molecule has 5 nitrogen and oxygen atoms in total. The number of nitrogens with zero attached hydrogens (tertiary/aromatic N) is 2. The first-order valence-corrected chi connectivity index (χ1v) is 8.46. The summed E-state index contributed by atoms with van der Waals surface area (Å²) < 4.78 is 5.64. The van der Waals surface area contributed by atoms with Crippen molar-refractivity contribution in [3.63, 3.8) is 0 Å². The van der Waals surface area contributed by atoms with Crippen molar-refractivity contribution in [1.29, 1.82) is 0 Å². The number of carbonyl (C=O) groups excluding carboxylic acids is 1. The Morgan fingerprint density at radius 2 is 2.14 bits per heavy atom. The second kappa shape index (κ2) is 5.93. The third-order valence-corrected chi connectivity index (χ3v) is 5.35. The Morgan fingerprint density at radius 1 is 1.36 bits per heavy atom. The number of amides is 1. The molecule has 2 aromatic rings. The molecule has 2 aromatic heterocycles. The number of ether oxygens (including phenoxy) is 1. The van der Waals surface area contributed by atoms with Crippen molar-refractivity contribution >= 4 is 27.5 Å². The molecule has 1 N–H and O–H groups in total. The fourth-order valence-corrected chi connectivity index (χ4v) is 4.23. The molecule has 0 spiro atoms. The van der Waals surface area contributed by atoms with Crippen molar-refractivity contribution in [3.05, 3.63) is 22.0 Å². The summed E-state index contributed by atoms with van der Waals surface area (Å²) in [5, 5.41) is 4.08. The number of fused-ring (bicyclic) bond motifs is 1. The zero-order chi connectivity index (χ0) is 15.9. The fraction of sp³-hybridized carbons (Fsp3) is 0.562. The van der Waals surface area contributed by atoms with Crippen molar-refractivity contribution in [2.75, 3.05) is 6.61 Å². The van der Waals surface area contributed by atoms with Crippen LogP contribution in [-0.4, -0.2) is 34.6 Å². The van der Waals surface area contributed by atoms with Crippen LogP contribution in [0.4, 0.5) is 0 Å². The molecule has 0 aliphatic carbocycles. The fourth-order valence-electron chi connectivity index (χ4n) is 3.05. The Bertz CT molecular complexity index is 720. The summed E-state index contributed by atoms with van der Waals surface area (Å²) in [5.41, 5.74) is 1.90. The van der Waals surface area contributed by atoms with E-state index in [2.05, 4.69) is 15.3 Å². The van der Waals surface area contributed by atoms with Crippen LogP contribution in [0.1, 0.15) is 46.5 Å². The predicted molar refractivity (Wildman–Crippen MR) is 87.5 cm³/mol. The van der Waals surface area contributed by atoms with Crippen molar-refractivity contribution < 1.29 is 9.53 Å². The highest BCUT2D eigenvalue weighted by Crippen LogP contribution is 2.31. The van der Waals surface area contributed by atoms with Crippen LogP contribution in [0.3, 0.4) is 0 Å². The minimum absolute atomic E-state index is 0.0218. The normalized spacial score (nSPS) is 19.5. The zero-order valence-corrected chi connectivity index (χ0v) is 14.2. The van der Waals surface area contributed by atoms with E-state index in [1.807, 2.05) is 27.7 Å². The van der Waals surface area contributed by atoms with E-state index in [0.29, 0.717) is 0 Å². The van der Waals surface area contributed by atoms with Crippen LogP contribution in [-0.2, 0) is 4.74 Å². The quantitative estimate of drug-likeness (QED) is 0.945. The zero-order valence-electron chi connectivity index (χ0n) is 13.4. The number of hydrogen-bond acceptors (Lipinski definition) is 5. The van der Waals surface area contributed by atoms with Crippen LogP contribution in [0.2, 0.25) is 0 Å². The summed E-state index contributed by atoms with van der Waals surface area (Å²) in [6.45, 7) is 8.61. The van der Waals surface area contributed by atoms with Gasteiger partial charge in [0.25, 0.3) is 5.91 Å². The Hall–Kier alpha value is -1.53. The van der Waals surface area contributed by atoms with Crippen LogP contribution in [0.15, 0.2) is 0 Å². The number of rotatable bonds is 3. The number of nitrogens with one attached hydrogen (secondary N) is 1. The van der Waals surface area contributed by atoms with Crippen LogP contribution in [0.5, 0.6) is 0 Å². The van der Waals surface area contributed by atoms with E-state index in [0.717, 1.165) is 51.6 Å². The SMILES string of the molecule is Cc1nc(C)c2c(C)c(C(=O)N[C@@H](C)[C@H]3CCCO3)sc2n1. The van der Waals surface area contributed by atoms with Crippen LogP contribution >= 0.6 is 11.3 Å². The molecule has 22 heavy (non-hydrogen) atoms. The van der Waals surface area contributed by atoms with Crippen molar-refractivity contribution in [1.82, 2.24) is 15.3 Å². The maximum atomic E-state index is 12.6. The maximum absolute atomic E-state index is 12.6. The topological polar surface area (TPSA) is 64.1 Å². The largest absolute Gasteiger partial charge is 0.376 e.